The van der Waals surface area contributed by atoms with Crippen LogP contribution in [-0.4, -0.2) is 41.3 Å². The first kappa shape index (κ1) is 17.7. The molecule has 1 aliphatic heterocycles. The first-order chi connectivity index (χ1) is 10.8. The monoisotopic (exact) mass is 332 g/mol. The lowest BCUT2D eigenvalue weighted by Crippen LogP contribution is -2.33. The van der Waals surface area contributed by atoms with E-state index in [2.05, 4.69) is 45.5 Å². The van der Waals surface area contributed by atoms with Crippen LogP contribution in [0.4, 0.5) is 5.82 Å². The third-order valence-electron chi connectivity index (χ3n) is 4.22. The Bertz CT molecular complexity index is 597. The molecule has 1 N–H and O–H groups in total. The molecule has 1 aromatic carbocycles. The van der Waals surface area contributed by atoms with Crippen LogP contribution in [0.15, 0.2) is 36.4 Å². The molecule has 0 atom stereocenters. The SMILES string of the molecule is Cc1cc(-c2ccccc2)nnc1NCCN1CCCCC1.Cl. The standard InChI is InChI=1S/C18H24N4.ClH/c1-15-14-17(16-8-4-2-5-9-16)20-21-18(15)19-10-13-22-11-6-3-7-12-22;/h2,4-5,8-9,14H,3,6-7,10-13H2,1H3,(H,19,21);1H. The summed E-state index contributed by atoms with van der Waals surface area (Å²) < 4.78 is 0. The predicted octanol–water partition coefficient (Wildman–Crippen LogP) is 3.77. The molecule has 124 valence electrons. The second-order valence-electron chi connectivity index (χ2n) is 5.96. The molecular formula is C18H25ClN4. The Balaban J connectivity index is 0.00000192. The topological polar surface area (TPSA) is 41.1 Å². The maximum atomic E-state index is 4.36. The minimum absolute atomic E-state index is 0. The zero-order valence-electron chi connectivity index (χ0n) is 13.7. The highest BCUT2D eigenvalue weighted by Crippen LogP contribution is 2.19. The van der Waals surface area contributed by atoms with Crippen LogP contribution in [0, 0.1) is 6.92 Å². The Morgan fingerprint density at radius 2 is 1.78 bits per heavy atom. The number of halogens is 1. The average molecular weight is 333 g/mol. The minimum atomic E-state index is 0. The minimum Gasteiger partial charge on any atom is -0.367 e. The lowest BCUT2D eigenvalue weighted by atomic mass is 10.1. The first-order valence-corrected chi connectivity index (χ1v) is 8.19. The van der Waals surface area contributed by atoms with E-state index >= 15 is 0 Å². The number of nitrogens with zero attached hydrogens (tertiary/aromatic N) is 3. The van der Waals surface area contributed by atoms with E-state index in [-0.39, 0.29) is 12.4 Å². The van der Waals surface area contributed by atoms with Crippen LogP contribution in [0.1, 0.15) is 24.8 Å². The highest BCUT2D eigenvalue weighted by atomic mass is 35.5. The normalized spacial score (nSPS) is 15.0. The van der Waals surface area contributed by atoms with Gasteiger partial charge in [-0.15, -0.1) is 22.6 Å². The summed E-state index contributed by atoms with van der Waals surface area (Å²) in [7, 11) is 0. The molecule has 0 spiro atoms. The molecular weight excluding hydrogens is 308 g/mol. The molecule has 0 bridgehead atoms. The predicted molar refractivity (Wildman–Crippen MR) is 98.2 cm³/mol. The highest BCUT2D eigenvalue weighted by molar-refractivity contribution is 5.85. The van der Waals surface area contributed by atoms with E-state index in [4.69, 9.17) is 0 Å². The van der Waals surface area contributed by atoms with E-state index < -0.39 is 0 Å². The quantitative estimate of drug-likeness (QED) is 0.904. The summed E-state index contributed by atoms with van der Waals surface area (Å²) in [5, 5.41) is 12.1. The van der Waals surface area contributed by atoms with Crippen molar-refractivity contribution in [3.05, 3.63) is 42.0 Å². The second-order valence-corrected chi connectivity index (χ2v) is 5.96. The van der Waals surface area contributed by atoms with Gasteiger partial charge in [0.15, 0.2) is 5.82 Å². The van der Waals surface area contributed by atoms with Crippen molar-refractivity contribution >= 4 is 18.2 Å². The summed E-state index contributed by atoms with van der Waals surface area (Å²) in [5.74, 6) is 0.900. The van der Waals surface area contributed by atoms with Gasteiger partial charge < -0.3 is 10.2 Å². The molecule has 0 amide bonds. The fourth-order valence-corrected chi connectivity index (χ4v) is 2.93. The number of benzene rings is 1. The van der Waals surface area contributed by atoms with Crippen molar-refractivity contribution in [3.8, 4) is 11.3 Å². The number of anilines is 1. The first-order valence-electron chi connectivity index (χ1n) is 8.19. The molecule has 0 radical (unpaired) electrons. The van der Waals surface area contributed by atoms with Crippen LogP contribution in [-0.2, 0) is 0 Å². The highest BCUT2D eigenvalue weighted by Gasteiger charge is 2.10. The van der Waals surface area contributed by atoms with Crippen molar-refractivity contribution in [2.45, 2.75) is 26.2 Å². The summed E-state index contributed by atoms with van der Waals surface area (Å²) in [6.07, 6.45) is 4.06. The van der Waals surface area contributed by atoms with Crippen molar-refractivity contribution in [3.63, 3.8) is 0 Å². The number of piperidine rings is 1. The van der Waals surface area contributed by atoms with Gasteiger partial charge in [0.2, 0.25) is 0 Å². The van der Waals surface area contributed by atoms with E-state index in [1.807, 2.05) is 18.2 Å². The summed E-state index contributed by atoms with van der Waals surface area (Å²) in [5.41, 5.74) is 3.19. The summed E-state index contributed by atoms with van der Waals surface area (Å²) in [4.78, 5) is 2.53. The van der Waals surface area contributed by atoms with Gasteiger partial charge >= 0.3 is 0 Å². The van der Waals surface area contributed by atoms with Gasteiger partial charge in [0.1, 0.15) is 0 Å². The van der Waals surface area contributed by atoms with Crippen molar-refractivity contribution in [1.29, 1.82) is 0 Å². The van der Waals surface area contributed by atoms with Gasteiger partial charge in [-0.05, 0) is 44.5 Å². The fourth-order valence-electron chi connectivity index (χ4n) is 2.93. The van der Waals surface area contributed by atoms with E-state index in [1.165, 1.54) is 32.4 Å². The summed E-state index contributed by atoms with van der Waals surface area (Å²) in [6.45, 7) is 6.57. The van der Waals surface area contributed by atoms with E-state index in [1.54, 1.807) is 0 Å². The van der Waals surface area contributed by atoms with E-state index in [9.17, 15) is 0 Å². The van der Waals surface area contributed by atoms with Crippen molar-refractivity contribution in [1.82, 2.24) is 15.1 Å². The van der Waals surface area contributed by atoms with Gasteiger partial charge in [-0.25, -0.2) is 0 Å². The van der Waals surface area contributed by atoms with Crippen molar-refractivity contribution in [2.24, 2.45) is 0 Å². The number of hydrogen-bond donors (Lipinski definition) is 1. The number of aromatic nitrogens is 2. The number of nitrogens with one attached hydrogen (secondary N) is 1. The molecule has 1 aliphatic rings. The van der Waals surface area contributed by atoms with E-state index in [0.717, 1.165) is 35.7 Å². The molecule has 2 aromatic rings. The molecule has 5 heteroatoms. The lowest BCUT2D eigenvalue weighted by Gasteiger charge is -2.26. The van der Waals surface area contributed by atoms with E-state index in [0.29, 0.717) is 0 Å². The molecule has 3 rings (SSSR count). The zero-order chi connectivity index (χ0) is 15.2. The summed E-state index contributed by atoms with van der Waals surface area (Å²) in [6, 6.07) is 12.3. The Morgan fingerprint density at radius 3 is 2.48 bits per heavy atom. The number of hydrogen-bond acceptors (Lipinski definition) is 4. The Morgan fingerprint density at radius 1 is 1.04 bits per heavy atom. The molecule has 1 aromatic heterocycles. The van der Waals surface area contributed by atoms with Crippen LogP contribution < -0.4 is 5.32 Å². The molecule has 0 aliphatic carbocycles. The van der Waals surface area contributed by atoms with Crippen LogP contribution in [0.2, 0.25) is 0 Å². The maximum Gasteiger partial charge on any atom is 0.151 e. The van der Waals surface area contributed by atoms with Gasteiger partial charge in [-0.1, -0.05) is 36.8 Å². The van der Waals surface area contributed by atoms with Crippen molar-refractivity contribution < 1.29 is 0 Å². The lowest BCUT2D eigenvalue weighted by molar-refractivity contribution is 0.237. The fraction of sp³-hybridized carbons (Fsp3) is 0.444. The smallest absolute Gasteiger partial charge is 0.151 e. The zero-order valence-corrected chi connectivity index (χ0v) is 14.5. The summed E-state index contributed by atoms with van der Waals surface area (Å²) >= 11 is 0. The van der Waals surface area contributed by atoms with Crippen LogP contribution in [0.3, 0.4) is 0 Å². The van der Waals surface area contributed by atoms with Gasteiger partial charge in [-0.2, -0.15) is 0 Å². The molecule has 4 nitrogen and oxygen atoms in total. The Kier molecular flexibility index (Phi) is 6.81. The molecule has 0 unspecified atom stereocenters. The Labute approximate surface area is 144 Å². The third kappa shape index (κ3) is 4.91. The average Bonchev–Trinajstić information content (AvgIpc) is 2.58. The molecule has 1 fully saturated rings. The number of likely N-dealkylation sites (tertiary alicyclic amines) is 1. The van der Waals surface area contributed by atoms with Crippen molar-refractivity contribution in [2.75, 3.05) is 31.5 Å². The molecule has 1 saturated heterocycles. The van der Waals surface area contributed by atoms with Crippen LogP contribution in [0.25, 0.3) is 11.3 Å². The number of rotatable bonds is 5. The van der Waals surface area contributed by atoms with Gasteiger partial charge in [0.05, 0.1) is 5.69 Å². The maximum absolute atomic E-state index is 4.36. The third-order valence-corrected chi connectivity index (χ3v) is 4.22. The molecule has 2 heterocycles. The Hall–Kier alpha value is -1.65. The van der Waals surface area contributed by atoms with Gasteiger partial charge in [-0.3, -0.25) is 0 Å². The van der Waals surface area contributed by atoms with Gasteiger partial charge in [0.25, 0.3) is 0 Å². The molecule has 23 heavy (non-hydrogen) atoms. The van der Waals surface area contributed by atoms with Crippen LogP contribution >= 0.6 is 12.4 Å². The van der Waals surface area contributed by atoms with Gasteiger partial charge in [0, 0.05) is 18.7 Å². The molecule has 0 saturated carbocycles. The van der Waals surface area contributed by atoms with Crippen LogP contribution in [0.5, 0.6) is 0 Å². The second kappa shape index (κ2) is 8.85. The number of aryl methyl sites for hydroxylation is 1. The largest absolute Gasteiger partial charge is 0.367 e.